The number of nitrogens with zero attached hydrogens (tertiary/aromatic N) is 5. The van der Waals surface area contributed by atoms with E-state index in [9.17, 15) is 17.6 Å². The van der Waals surface area contributed by atoms with Crippen LogP contribution in [0.1, 0.15) is 5.69 Å². The number of hydrogen-bond donors (Lipinski definition) is 1. The van der Waals surface area contributed by atoms with Crippen LogP contribution >= 0.6 is 0 Å². The number of halogens is 4. The number of hydrogen-bond acceptors (Lipinski definition) is 5. The van der Waals surface area contributed by atoms with Gasteiger partial charge in [0.25, 0.3) is 0 Å². The highest BCUT2D eigenvalue weighted by atomic mass is 19.4. The van der Waals surface area contributed by atoms with E-state index in [0.717, 1.165) is 6.07 Å². The van der Waals surface area contributed by atoms with Gasteiger partial charge < -0.3 is 5.32 Å². The maximum atomic E-state index is 13.3. The van der Waals surface area contributed by atoms with Crippen LogP contribution in [0.4, 0.5) is 29.1 Å². The van der Waals surface area contributed by atoms with Crippen molar-refractivity contribution in [3.8, 4) is 11.5 Å². The Kier molecular flexibility index (Phi) is 3.94. The highest BCUT2D eigenvalue weighted by molar-refractivity contribution is 5.74. The number of anilines is 2. The Hall–Kier alpha value is -3.56. The third-order valence-corrected chi connectivity index (χ3v) is 3.65. The molecule has 0 bridgehead atoms. The van der Waals surface area contributed by atoms with E-state index in [4.69, 9.17) is 0 Å². The van der Waals surface area contributed by atoms with E-state index >= 15 is 0 Å². The summed E-state index contributed by atoms with van der Waals surface area (Å²) in [6.07, 6.45) is -1.68. The summed E-state index contributed by atoms with van der Waals surface area (Å²) in [7, 11) is 0. The molecule has 0 aliphatic carbocycles. The second-order valence-corrected chi connectivity index (χ2v) is 5.52. The van der Waals surface area contributed by atoms with Gasteiger partial charge in [0.1, 0.15) is 16.9 Å². The molecule has 0 aliphatic rings. The van der Waals surface area contributed by atoms with Gasteiger partial charge in [-0.1, -0.05) is 6.07 Å². The third-order valence-electron chi connectivity index (χ3n) is 3.65. The Balaban J connectivity index is 1.81. The Bertz CT molecular complexity index is 1120. The molecule has 10 heteroatoms. The molecule has 1 N–H and O–H groups in total. The highest BCUT2D eigenvalue weighted by Crippen LogP contribution is 2.29. The van der Waals surface area contributed by atoms with Crippen molar-refractivity contribution >= 4 is 17.0 Å². The van der Waals surface area contributed by atoms with Gasteiger partial charge in [0.05, 0.1) is 0 Å². The predicted octanol–water partition coefficient (Wildman–Crippen LogP) is 4.09. The minimum absolute atomic E-state index is 0.0122. The molecule has 4 rings (SSSR count). The number of nitrogens with one attached hydrogen (secondary N) is 1. The average Bonchev–Trinajstić information content (AvgIpc) is 3.10. The van der Waals surface area contributed by atoms with Crippen LogP contribution in [-0.2, 0) is 6.18 Å². The van der Waals surface area contributed by atoms with Crippen LogP contribution in [0.5, 0.6) is 0 Å². The van der Waals surface area contributed by atoms with Gasteiger partial charge in [-0.3, -0.25) is 0 Å². The van der Waals surface area contributed by atoms with Gasteiger partial charge in [-0.15, -0.1) is 5.10 Å². The zero-order valence-corrected chi connectivity index (χ0v) is 13.4. The summed E-state index contributed by atoms with van der Waals surface area (Å²) in [6.45, 7) is 0. The summed E-state index contributed by atoms with van der Waals surface area (Å²) >= 11 is 0. The van der Waals surface area contributed by atoms with E-state index in [2.05, 4.69) is 25.4 Å². The van der Waals surface area contributed by atoms with Gasteiger partial charge >= 0.3 is 6.18 Å². The Morgan fingerprint density at radius 3 is 2.63 bits per heavy atom. The molecule has 0 radical (unpaired) electrons. The number of aromatic nitrogens is 5. The molecule has 0 atom stereocenters. The van der Waals surface area contributed by atoms with E-state index in [1.54, 1.807) is 18.3 Å². The molecule has 0 unspecified atom stereocenters. The van der Waals surface area contributed by atoms with Gasteiger partial charge in [-0.2, -0.15) is 17.6 Å². The van der Waals surface area contributed by atoms with Gasteiger partial charge in [-0.05, 0) is 30.3 Å². The second kappa shape index (κ2) is 6.31. The molecule has 136 valence electrons. The first-order valence-corrected chi connectivity index (χ1v) is 7.69. The fraction of sp³-hybridized carbons (Fsp3) is 0.0588. The molecule has 4 aromatic heterocycles. The normalized spacial score (nSPS) is 11.7. The van der Waals surface area contributed by atoms with Crippen molar-refractivity contribution in [2.75, 3.05) is 5.32 Å². The molecule has 27 heavy (non-hydrogen) atoms. The maximum absolute atomic E-state index is 13.3. The van der Waals surface area contributed by atoms with Crippen LogP contribution in [0.25, 0.3) is 17.0 Å². The van der Waals surface area contributed by atoms with Crippen LogP contribution in [-0.4, -0.2) is 24.6 Å². The number of alkyl halides is 3. The molecule has 4 heterocycles. The largest absolute Gasteiger partial charge is 0.433 e. The maximum Gasteiger partial charge on any atom is 0.433 e. The predicted molar refractivity (Wildman–Crippen MR) is 88.7 cm³/mol. The summed E-state index contributed by atoms with van der Waals surface area (Å²) in [5.74, 6) is -0.406. The molecule has 0 aromatic carbocycles. The van der Waals surface area contributed by atoms with Crippen LogP contribution in [0.2, 0.25) is 0 Å². The topological polar surface area (TPSA) is 68.0 Å². The van der Waals surface area contributed by atoms with Crippen molar-refractivity contribution in [3.63, 3.8) is 0 Å². The van der Waals surface area contributed by atoms with Gasteiger partial charge in [0.2, 0.25) is 11.8 Å². The SMILES string of the molecule is Fc1cc(Nc2nc(-c3cccc(C(F)(F)F)n3)nn3cccc23)ccn1. The quantitative estimate of drug-likeness (QED) is 0.432. The molecule has 0 saturated carbocycles. The first-order valence-electron chi connectivity index (χ1n) is 7.69. The minimum Gasteiger partial charge on any atom is -0.338 e. The summed E-state index contributed by atoms with van der Waals surface area (Å²) < 4.78 is 53.6. The Morgan fingerprint density at radius 2 is 1.85 bits per heavy atom. The first-order chi connectivity index (χ1) is 12.9. The zero-order chi connectivity index (χ0) is 19.0. The fourth-order valence-corrected chi connectivity index (χ4v) is 2.47. The van der Waals surface area contributed by atoms with Gasteiger partial charge in [0.15, 0.2) is 5.82 Å². The van der Waals surface area contributed by atoms with Gasteiger partial charge in [-0.25, -0.2) is 19.5 Å². The van der Waals surface area contributed by atoms with Crippen LogP contribution in [0, 0.1) is 5.95 Å². The lowest BCUT2D eigenvalue weighted by Crippen LogP contribution is -2.09. The lowest BCUT2D eigenvalue weighted by molar-refractivity contribution is -0.141. The number of rotatable bonds is 3. The molecule has 6 nitrogen and oxygen atoms in total. The van der Waals surface area contributed by atoms with Crippen LogP contribution in [0.15, 0.2) is 54.9 Å². The van der Waals surface area contributed by atoms with Crippen molar-refractivity contribution in [1.82, 2.24) is 24.6 Å². The summed E-state index contributed by atoms with van der Waals surface area (Å²) in [5, 5.41) is 7.12. The monoisotopic (exact) mass is 374 g/mol. The average molecular weight is 374 g/mol. The van der Waals surface area contributed by atoms with E-state index < -0.39 is 17.8 Å². The van der Waals surface area contributed by atoms with E-state index in [-0.39, 0.29) is 17.3 Å². The van der Waals surface area contributed by atoms with E-state index in [1.165, 1.54) is 35.0 Å². The third kappa shape index (κ3) is 3.41. The summed E-state index contributed by atoms with van der Waals surface area (Å²) in [5.41, 5.74) is -0.138. The second-order valence-electron chi connectivity index (χ2n) is 5.52. The molecule has 0 spiro atoms. The molecule has 0 amide bonds. The van der Waals surface area contributed by atoms with Crippen LogP contribution < -0.4 is 5.32 Å². The molecule has 0 aliphatic heterocycles. The molecule has 0 saturated heterocycles. The van der Waals surface area contributed by atoms with Crippen molar-refractivity contribution in [3.05, 3.63) is 66.5 Å². The molecule has 0 fully saturated rings. The zero-order valence-electron chi connectivity index (χ0n) is 13.4. The fourth-order valence-electron chi connectivity index (χ4n) is 2.47. The number of fused-ring (bicyclic) bond motifs is 1. The molecular weight excluding hydrogens is 364 g/mol. The smallest absolute Gasteiger partial charge is 0.338 e. The van der Waals surface area contributed by atoms with Crippen molar-refractivity contribution in [2.24, 2.45) is 0 Å². The van der Waals surface area contributed by atoms with E-state index in [1.807, 2.05) is 0 Å². The highest BCUT2D eigenvalue weighted by Gasteiger charge is 2.32. The minimum atomic E-state index is -4.58. The number of pyridine rings is 2. The lowest BCUT2D eigenvalue weighted by Gasteiger charge is -2.11. The summed E-state index contributed by atoms with van der Waals surface area (Å²) in [6, 6.07) is 9.61. The first kappa shape index (κ1) is 16.9. The van der Waals surface area contributed by atoms with Gasteiger partial charge in [0, 0.05) is 24.1 Å². The van der Waals surface area contributed by atoms with Crippen molar-refractivity contribution < 1.29 is 17.6 Å². The molecular formula is C17H10F4N6. The van der Waals surface area contributed by atoms with Crippen LogP contribution in [0.3, 0.4) is 0 Å². The Morgan fingerprint density at radius 1 is 1.00 bits per heavy atom. The van der Waals surface area contributed by atoms with E-state index in [0.29, 0.717) is 11.2 Å². The Labute approximate surface area is 149 Å². The van der Waals surface area contributed by atoms with Crippen molar-refractivity contribution in [2.45, 2.75) is 6.18 Å². The standard InChI is InChI=1S/C17H10F4N6/c18-14-9-10(6-7-22-14)23-16-12-4-2-8-27(12)26-15(25-16)11-3-1-5-13(24-11)17(19,20)21/h1-9H,(H,22,23,25,26). The summed E-state index contributed by atoms with van der Waals surface area (Å²) in [4.78, 5) is 11.4. The van der Waals surface area contributed by atoms with Crippen molar-refractivity contribution in [1.29, 1.82) is 0 Å². The lowest BCUT2D eigenvalue weighted by atomic mass is 10.3. The molecule has 4 aromatic rings.